The third-order valence-electron chi connectivity index (χ3n) is 11.6. The predicted molar refractivity (Wildman–Crippen MR) is 261 cm³/mol. The molecule has 0 N–H and O–H groups in total. The highest BCUT2D eigenvalue weighted by molar-refractivity contribution is 7.26. The molecule has 0 saturated heterocycles. The van der Waals surface area contributed by atoms with Crippen LogP contribution in [0.5, 0.6) is 0 Å². The van der Waals surface area contributed by atoms with Gasteiger partial charge in [0.2, 0.25) is 0 Å². The van der Waals surface area contributed by atoms with Gasteiger partial charge in [0.25, 0.3) is 0 Å². The van der Waals surface area contributed by atoms with Gasteiger partial charge in [0, 0.05) is 53.2 Å². The standard InChI is InChI=1S/C56H34N4S2/c1-3-14-35(15-4-1)37-28-30-38(31-29-37)51-49-45-24-7-9-26-47(45)61-55(49)59-53(57-51)43-22-13-23-44(34-43)54-58-52(50-46-25-8-10-27-48(46)62-56(50)60-54)42-21-12-20-41(33-42)40-19-11-18-39(32-40)36-16-5-2-6-17-36/h1-34H. The van der Waals surface area contributed by atoms with Crippen LogP contribution in [0.3, 0.4) is 0 Å². The molecular weight excluding hydrogens is 793 g/mol. The van der Waals surface area contributed by atoms with Gasteiger partial charge >= 0.3 is 0 Å². The Bertz CT molecular complexity index is 3630. The average molecular weight is 827 g/mol. The Balaban J connectivity index is 0.988. The maximum absolute atomic E-state index is 5.43. The number of fused-ring (bicyclic) bond motifs is 6. The van der Waals surface area contributed by atoms with E-state index in [4.69, 9.17) is 19.9 Å². The van der Waals surface area contributed by atoms with Crippen LogP contribution in [-0.4, -0.2) is 19.9 Å². The summed E-state index contributed by atoms with van der Waals surface area (Å²) in [7, 11) is 0. The topological polar surface area (TPSA) is 51.6 Å². The van der Waals surface area contributed by atoms with Crippen LogP contribution < -0.4 is 0 Å². The van der Waals surface area contributed by atoms with Gasteiger partial charge in [-0.15, -0.1) is 22.7 Å². The van der Waals surface area contributed by atoms with Crippen LogP contribution in [0, 0.1) is 0 Å². The zero-order valence-electron chi connectivity index (χ0n) is 33.2. The van der Waals surface area contributed by atoms with E-state index in [-0.39, 0.29) is 0 Å². The zero-order chi connectivity index (χ0) is 41.0. The first-order chi connectivity index (χ1) is 30.7. The molecule has 0 spiro atoms. The Labute approximate surface area is 366 Å². The van der Waals surface area contributed by atoms with Crippen molar-refractivity contribution in [2.45, 2.75) is 0 Å². The van der Waals surface area contributed by atoms with Crippen molar-refractivity contribution < 1.29 is 0 Å². The summed E-state index contributed by atoms with van der Waals surface area (Å²) in [4.78, 5) is 23.2. The fourth-order valence-electron chi connectivity index (χ4n) is 8.53. The van der Waals surface area contributed by atoms with Crippen LogP contribution in [0.25, 0.3) is 119 Å². The van der Waals surface area contributed by atoms with Crippen LogP contribution in [-0.2, 0) is 0 Å². The smallest absolute Gasteiger partial charge is 0.161 e. The van der Waals surface area contributed by atoms with E-state index in [2.05, 4.69) is 200 Å². The number of aromatic nitrogens is 4. The molecule has 290 valence electrons. The second-order valence-electron chi connectivity index (χ2n) is 15.4. The lowest BCUT2D eigenvalue weighted by Gasteiger charge is -2.11. The largest absolute Gasteiger partial charge is 0.227 e. The predicted octanol–water partition coefficient (Wildman–Crippen LogP) is 15.7. The molecule has 12 aromatic rings. The van der Waals surface area contributed by atoms with Gasteiger partial charge in [-0.25, -0.2) is 19.9 Å². The highest BCUT2D eigenvalue weighted by Crippen LogP contribution is 2.42. The van der Waals surface area contributed by atoms with Crippen LogP contribution in [0.4, 0.5) is 0 Å². The molecule has 0 aliphatic carbocycles. The summed E-state index contributed by atoms with van der Waals surface area (Å²) < 4.78 is 2.38. The number of hydrogen-bond acceptors (Lipinski definition) is 6. The van der Waals surface area contributed by atoms with Crippen LogP contribution in [0.15, 0.2) is 206 Å². The molecule has 62 heavy (non-hydrogen) atoms. The zero-order valence-corrected chi connectivity index (χ0v) is 34.9. The molecule has 0 bridgehead atoms. The van der Waals surface area contributed by atoms with Crippen molar-refractivity contribution >= 4 is 63.3 Å². The van der Waals surface area contributed by atoms with Crippen molar-refractivity contribution in [3.05, 3.63) is 206 Å². The van der Waals surface area contributed by atoms with Crippen molar-refractivity contribution in [1.29, 1.82) is 0 Å². The van der Waals surface area contributed by atoms with Crippen molar-refractivity contribution in [1.82, 2.24) is 19.9 Å². The van der Waals surface area contributed by atoms with Gasteiger partial charge in [0.15, 0.2) is 11.6 Å². The lowest BCUT2D eigenvalue weighted by molar-refractivity contribution is 1.23. The lowest BCUT2D eigenvalue weighted by Crippen LogP contribution is -1.96. The number of benzene rings is 8. The van der Waals surface area contributed by atoms with Gasteiger partial charge in [-0.1, -0.05) is 176 Å². The molecular formula is C56H34N4S2. The number of thiophene rings is 2. The van der Waals surface area contributed by atoms with Gasteiger partial charge in [-0.2, -0.15) is 0 Å². The summed E-state index contributed by atoms with van der Waals surface area (Å²) in [6.07, 6.45) is 0. The molecule has 12 rings (SSSR count). The van der Waals surface area contributed by atoms with Gasteiger partial charge < -0.3 is 0 Å². The Hall–Kier alpha value is -7.64. The highest BCUT2D eigenvalue weighted by atomic mass is 32.1. The molecule has 0 radical (unpaired) electrons. The van der Waals surface area contributed by atoms with E-state index in [1.165, 1.54) is 37.0 Å². The summed E-state index contributed by atoms with van der Waals surface area (Å²) in [5.41, 5.74) is 12.8. The molecule has 0 aliphatic heterocycles. The maximum atomic E-state index is 5.43. The van der Waals surface area contributed by atoms with Crippen molar-refractivity contribution in [3.8, 4) is 78.7 Å². The minimum Gasteiger partial charge on any atom is -0.227 e. The van der Waals surface area contributed by atoms with Crippen molar-refractivity contribution in [2.24, 2.45) is 0 Å². The van der Waals surface area contributed by atoms with Gasteiger partial charge in [0.05, 0.1) is 11.4 Å². The van der Waals surface area contributed by atoms with Crippen LogP contribution >= 0.6 is 22.7 Å². The number of hydrogen-bond donors (Lipinski definition) is 0. The third-order valence-corrected chi connectivity index (χ3v) is 13.7. The second kappa shape index (κ2) is 15.1. The summed E-state index contributed by atoms with van der Waals surface area (Å²) in [6.45, 7) is 0. The fourth-order valence-corrected chi connectivity index (χ4v) is 10.7. The molecule has 8 aromatic carbocycles. The molecule has 0 aliphatic rings. The lowest BCUT2D eigenvalue weighted by atomic mass is 9.96. The van der Waals surface area contributed by atoms with E-state index in [1.54, 1.807) is 22.7 Å². The molecule has 0 amide bonds. The Morgan fingerprint density at radius 3 is 1.16 bits per heavy atom. The maximum Gasteiger partial charge on any atom is 0.161 e. The van der Waals surface area contributed by atoms with E-state index in [0.29, 0.717) is 11.6 Å². The van der Waals surface area contributed by atoms with Crippen LogP contribution in [0.1, 0.15) is 0 Å². The monoisotopic (exact) mass is 826 g/mol. The number of nitrogens with zero attached hydrogens (tertiary/aromatic N) is 4. The Morgan fingerprint density at radius 1 is 0.258 bits per heavy atom. The highest BCUT2D eigenvalue weighted by Gasteiger charge is 2.20. The Morgan fingerprint density at radius 2 is 0.613 bits per heavy atom. The molecule has 0 saturated carbocycles. The van der Waals surface area contributed by atoms with Crippen LogP contribution in [0.2, 0.25) is 0 Å². The number of rotatable bonds is 7. The summed E-state index contributed by atoms with van der Waals surface area (Å²) >= 11 is 3.42. The molecule has 0 unspecified atom stereocenters. The summed E-state index contributed by atoms with van der Waals surface area (Å²) in [5.74, 6) is 1.33. The molecule has 6 heteroatoms. The van der Waals surface area contributed by atoms with Crippen molar-refractivity contribution in [3.63, 3.8) is 0 Å². The Kier molecular flexibility index (Phi) is 8.84. The van der Waals surface area contributed by atoms with E-state index in [9.17, 15) is 0 Å². The fraction of sp³-hybridized carbons (Fsp3) is 0. The van der Waals surface area contributed by atoms with Gasteiger partial charge in [-0.3, -0.25) is 0 Å². The minimum absolute atomic E-state index is 0.664. The first kappa shape index (κ1) is 36.2. The molecule has 0 atom stereocenters. The van der Waals surface area contributed by atoms with E-state index < -0.39 is 0 Å². The van der Waals surface area contributed by atoms with Crippen molar-refractivity contribution in [2.75, 3.05) is 0 Å². The average Bonchev–Trinajstić information content (AvgIpc) is 3.93. The summed E-state index contributed by atoms with van der Waals surface area (Å²) in [5, 5.41) is 4.48. The third kappa shape index (κ3) is 6.45. The quantitative estimate of drug-likeness (QED) is 0.161. The SMILES string of the molecule is c1ccc(-c2ccc(-c3nc(-c4cccc(-c5nc(-c6cccc(-c7cccc(-c8ccccc8)c7)c6)c6c(n5)sc5ccccc56)c4)nc4sc5ccccc5c34)cc2)cc1. The molecule has 4 nitrogen and oxygen atoms in total. The van der Waals surface area contributed by atoms with E-state index in [1.807, 2.05) is 6.07 Å². The minimum atomic E-state index is 0.664. The summed E-state index contributed by atoms with van der Waals surface area (Å²) in [6, 6.07) is 72.7. The molecule has 4 heterocycles. The second-order valence-corrected chi connectivity index (χ2v) is 17.5. The van der Waals surface area contributed by atoms with Gasteiger partial charge in [-0.05, 0) is 63.7 Å². The first-order valence-electron chi connectivity index (χ1n) is 20.6. The van der Waals surface area contributed by atoms with Gasteiger partial charge in [0.1, 0.15) is 9.66 Å². The van der Waals surface area contributed by atoms with E-state index >= 15 is 0 Å². The molecule has 0 fully saturated rings. The van der Waals surface area contributed by atoms with E-state index in [0.717, 1.165) is 70.6 Å². The normalized spacial score (nSPS) is 11.5. The molecule has 4 aromatic heterocycles. The first-order valence-corrected chi connectivity index (χ1v) is 22.2.